The third-order valence-corrected chi connectivity index (χ3v) is 6.54. The number of amidine groups is 1. The Bertz CT molecular complexity index is 1650. The molecule has 3 aromatic carbocycles. The molecule has 3 amide bonds. The van der Waals surface area contributed by atoms with E-state index in [2.05, 4.69) is 22.2 Å². The monoisotopic (exact) mass is 628 g/mol. The van der Waals surface area contributed by atoms with Crippen molar-refractivity contribution in [1.82, 2.24) is 5.32 Å². The molecule has 0 aliphatic rings. The Labute approximate surface area is 268 Å². The topological polar surface area (TPSA) is 169 Å². The number of carbonyl (C=O) groups excluding carboxylic acids is 4. The molecule has 0 radical (unpaired) electrons. The number of methoxy groups -OCH3 is 1. The summed E-state index contributed by atoms with van der Waals surface area (Å²) in [5.41, 5.74) is 7.64. The van der Waals surface area contributed by atoms with Crippen molar-refractivity contribution in [2.75, 3.05) is 19.0 Å². The largest absolute Gasteiger partial charge is 0.465 e. The smallest absolute Gasteiger partial charge is 0.436 e. The molecule has 0 saturated carbocycles. The summed E-state index contributed by atoms with van der Waals surface area (Å²) in [5, 5.41) is 16.1. The number of aliphatic imine (C=N–C) groups is 1. The third kappa shape index (κ3) is 9.35. The molecule has 0 aliphatic heterocycles. The standard InChI is InChI=1S/C35H40N4O7/c1-8-29(40)22-11-15-25(26-16-12-23(18-28(26)33(43)45-7)31(41)37-19-20(2)3)27(17-22)32(42)38-24-13-9-21(10-14-24)30(36)39-34(44)46-35(4,5)6/h8-18,20,29,40H,1,19H2,2-7H3,(H,37,41)(H,38,42)(H2,36,39,44). The highest BCUT2D eigenvalue weighted by molar-refractivity contribution is 6.11. The fraction of sp³-hybridized carbons (Fsp3) is 0.286. The van der Waals surface area contributed by atoms with Crippen LogP contribution in [0.3, 0.4) is 0 Å². The lowest BCUT2D eigenvalue weighted by Crippen LogP contribution is -2.27. The van der Waals surface area contributed by atoms with Crippen LogP contribution in [-0.2, 0) is 9.47 Å². The normalized spacial score (nSPS) is 12.2. The maximum absolute atomic E-state index is 13.7. The first-order chi connectivity index (χ1) is 21.6. The Morgan fingerprint density at radius 2 is 1.54 bits per heavy atom. The molecule has 11 heteroatoms. The quantitative estimate of drug-likeness (QED) is 0.0968. The van der Waals surface area contributed by atoms with E-state index in [1.807, 2.05) is 13.8 Å². The summed E-state index contributed by atoms with van der Waals surface area (Å²) in [6, 6.07) is 15.6. The summed E-state index contributed by atoms with van der Waals surface area (Å²) < 4.78 is 10.2. The summed E-state index contributed by atoms with van der Waals surface area (Å²) in [7, 11) is 1.23. The van der Waals surface area contributed by atoms with Crippen molar-refractivity contribution in [2.24, 2.45) is 16.6 Å². The molecule has 1 unspecified atom stereocenters. The number of nitrogens with two attached hydrogens (primary N) is 1. The molecule has 0 heterocycles. The van der Waals surface area contributed by atoms with Crippen molar-refractivity contribution < 1.29 is 33.8 Å². The van der Waals surface area contributed by atoms with E-state index in [0.717, 1.165) is 0 Å². The van der Waals surface area contributed by atoms with Gasteiger partial charge in [0.1, 0.15) is 11.4 Å². The van der Waals surface area contributed by atoms with Crippen molar-refractivity contribution in [1.29, 1.82) is 0 Å². The first kappa shape index (κ1) is 35.2. The van der Waals surface area contributed by atoms with Crippen molar-refractivity contribution in [2.45, 2.75) is 46.3 Å². The van der Waals surface area contributed by atoms with E-state index in [1.165, 1.54) is 25.3 Å². The van der Waals surface area contributed by atoms with Gasteiger partial charge in [0.25, 0.3) is 11.8 Å². The van der Waals surface area contributed by atoms with Crippen LogP contribution in [0.5, 0.6) is 0 Å². The zero-order valence-corrected chi connectivity index (χ0v) is 26.8. The number of aliphatic hydroxyl groups excluding tert-OH is 1. The van der Waals surface area contributed by atoms with Gasteiger partial charge in [0.15, 0.2) is 0 Å². The maximum atomic E-state index is 13.7. The number of hydrogen-bond donors (Lipinski definition) is 4. The van der Waals surface area contributed by atoms with Gasteiger partial charge in [0.05, 0.1) is 18.8 Å². The summed E-state index contributed by atoms with van der Waals surface area (Å²) in [6.45, 7) is 13.1. The highest BCUT2D eigenvalue weighted by Gasteiger charge is 2.23. The molecule has 11 nitrogen and oxygen atoms in total. The van der Waals surface area contributed by atoms with Gasteiger partial charge >= 0.3 is 12.1 Å². The molecule has 1 atom stereocenters. The third-order valence-electron chi connectivity index (χ3n) is 6.54. The van der Waals surface area contributed by atoms with Crippen LogP contribution >= 0.6 is 0 Å². The van der Waals surface area contributed by atoms with E-state index in [4.69, 9.17) is 15.2 Å². The molecule has 3 rings (SSSR count). The molecule has 0 aliphatic carbocycles. The maximum Gasteiger partial charge on any atom is 0.436 e. The molecule has 46 heavy (non-hydrogen) atoms. The lowest BCUT2D eigenvalue weighted by atomic mass is 9.91. The van der Waals surface area contributed by atoms with E-state index in [-0.39, 0.29) is 34.4 Å². The molecule has 0 fully saturated rings. The minimum atomic E-state index is -1.06. The predicted molar refractivity (Wildman–Crippen MR) is 177 cm³/mol. The number of benzene rings is 3. The lowest BCUT2D eigenvalue weighted by Gasteiger charge is -2.17. The first-order valence-corrected chi connectivity index (χ1v) is 14.6. The second-order valence-corrected chi connectivity index (χ2v) is 11.9. The average molecular weight is 629 g/mol. The number of nitrogens with zero attached hydrogens (tertiary/aromatic N) is 1. The van der Waals surface area contributed by atoms with Gasteiger partial charge in [-0.2, -0.15) is 4.99 Å². The number of nitrogens with one attached hydrogen (secondary N) is 2. The van der Waals surface area contributed by atoms with Gasteiger partial charge in [-0.3, -0.25) is 9.59 Å². The van der Waals surface area contributed by atoms with E-state index in [0.29, 0.717) is 34.5 Å². The number of carbonyl (C=O) groups is 4. The number of hydrogen-bond acceptors (Lipinski definition) is 7. The number of esters is 1. The summed E-state index contributed by atoms with van der Waals surface area (Å²) in [5.74, 6) is -1.43. The number of amides is 3. The van der Waals surface area contributed by atoms with Crippen molar-refractivity contribution >= 4 is 35.4 Å². The number of aliphatic hydroxyl groups is 1. The molecular formula is C35H40N4O7. The SMILES string of the molecule is C=CC(O)c1ccc(-c2ccc(C(=O)NCC(C)C)cc2C(=O)OC)c(C(=O)Nc2ccc(C(N)=NC(=O)OC(C)(C)C)cc2)c1. The zero-order valence-electron chi connectivity index (χ0n) is 26.8. The van der Waals surface area contributed by atoms with Crippen LogP contribution in [0.4, 0.5) is 10.5 Å². The Balaban J connectivity index is 2.01. The number of rotatable bonds is 10. The van der Waals surface area contributed by atoms with E-state index < -0.39 is 29.7 Å². The van der Waals surface area contributed by atoms with E-state index >= 15 is 0 Å². The fourth-order valence-corrected chi connectivity index (χ4v) is 4.27. The average Bonchev–Trinajstić information content (AvgIpc) is 3.01. The molecule has 242 valence electrons. The summed E-state index contributed by atoms with van der Waals surface area (Å²) in [6.07, 6.45) is -0.561. The zero-order chi connectivity index (χ0) is 34.2. The molecule has 0 aromatic heterocycles. The Morgan fingerprint density at radius 3 is 2.13 bits per heavy atom. The summed E-state index contributed by atoms with van der Waals surface area (Å²) >= 11 is 0. The molecule has 5 N–H and O–H groups in total. The Morgan fingerprint density at radius 1 is 0.935 bits per heavy atom. The Hall–Kier alpha value is -5.29. The van der Waals surface area contributed by atoms with Gasteiger partial charge in [0.2, 0.25) is 0 Å². The van der Waals surface area contributed by atoms with Crippen molar-refractivity contribution in [3.8, 4) is 11.1 Å². The van der Waals surface area contributed by atoms with E-state index in [1.54, 1.807) is 69.3 Å². The minimum absolute atomic E-state index is 0.0581. The molecule has 0 saturated heterocycles. The minimum Gasteiger partial charge on any atom is -0.465 e. The first-order valence-electron chi connectivity index (χ1n) is 14.6. The van der Waals surface area contributed by atoms with Crippen LogP contribution in [0, 0.1) is 5.92 Å². The predicted octanol–water partition coefficient (Wildman–Crippen LogP) is 5.64. The fourth-order valence-electron chi connectivity index (χ4n) is 4.27. The van der Waals surface area contributed by atoms with Gasteiger partial charge in [0, 0.05) is 28.9 Å². The van der Waals surface area contributed by atoms with Crippen LogP contribution in [-0.4, -0.2) is 54.1 Å². The molecule has 3 aromatic rings. The van der Waals surface area contributed by atoms with Crippen LogP contribution in [0.2, 0.25) is 0 Å². The van der Waals surface area contributed by atoms with Crippen LogP contribution in [0.25, 0.3) is 11.1 Å². The van der Waals surface area contributed by atoms with Gasteiger partial charge in [-0.1, -0.05) is 38.1 Å². The Kier molecular flexibility index (Phi) is 11.6. The second kappa shape index (κ2) is 15.1. The van der Waals surface area contributed by atoms with Gasteiger partial charge in [-0.05, 0) is 85.8 Å². The van der Waals surface area contributed by atoms with Crippen molar-refractivity contribution in [3.63, 3.8) is 0 Å². The van der Waals surface area contributed by atoms with Gasteiger partial charge in [-0.25, -0.2) is 9.59 Å². The molecular weight excluding hydrogens is 588 g/mol. The highest BCUT2D eigenvalue weighted by atomic mass is 16.6. The van der Waals surface area contributed by atoms with Gasteiger partial charge < -0.3 is 30.9 Å². The summed E-state index contributed by atoms with van der Waals surface area (Å²) in [4.78, 5) is 55.2. The number of anilines is 1. The van der Waals surface area contributed by atoms with Crippen LogP contribution < -0.4 is 16.4 Å². The van der Waals surface area contributed by atoms with E-state index in [9.17, 15) is 24.3 Å². The second-order valence-electron chi connectivity index (χ2n) is 11.9. The molecule has 0 spiro atoms. The molecule has 0 bridgehead atoms. The lowest BCUT2D eigenvalue weighted by molar-refractivity contribution is 0.0592. The van der Waals surface area contributed by atoms with Crippen LogP contribution in [0.1, 0.15) is 82.9 Å². The van der Waals surface area contributed by atoms with Crippen LogP contribution in [0.15, 0.2) is 78.3 Å². The highest BCUT2D eigenvalue weighted by Crippen LogP contribution is 2.32. The number of ether oxygens (including phenoxy) is 2. The van der Waals surface area contributed by atoms with Gasteiger partial charge in [-0.15, -0.1) is 6.58 Å². The van der Waals surface area contributed by atoms with Crippen molar-refractivity contribution in [3.05, 3.63) is 101 Å².